The van der Waals surface area contributed by atoms with Crippen molar-refractivity contribution in [2.45, 2.75) is 20.0 Å². The number of aromatic amines is 1. The summed E-state index contributed by atoms with van der Waals surface area (Å²) in [5.41, 5.74) is 2.04. The molecule has 19 heavy (non-hydrogen) atoms. The van der Waals surface area contributed by atoms with E-state index in [4.69, 9.17) is 4.74 Å². The van der Waals surface area contributed by atoms with Gasteiger partial charge in [-0.15, -0.1) is 0 Å². The van der Waals surface area contributed by atoms with Crippen molar-refractivity contribution in [3.63, 3.8) is 0 Å². The molecule has 2 aromatic rings. The number of H-pyrrole nitrogens is 1. The minimum atomic E-state index is 0.185. The summed E-state index contributed by atoms with van der Waals surface area (Å²) >= 11 is 3.58. The molecule has 0 aliphatic rings. The second-order valence-corrected chi connectivity index (χ2v) is 5.61. The van der Waals surface area contributed by atoms with Crippen molar-refractivity contribution in [2.24, 2.45) is 0 Å². The first-order chi connectivity index (χ1) is 8.99. The van der Waals surface area contributed by atoms with Crippen LogP contribution in [0.2, 0.25) is 0 Å². The number of halogens is 1. The Labute approximate surface area is 121 Å². The molecule has 0 unspecified atom stereocenters. The number of benzene rings is 1. The average molecular weight is 324 g/mol. The summed E-state index contributed by atoms with van der Waals surface area (Å²) in [4.78, 5) is 1.96. The summed E-state index contributed by atoms with van der Waals surface area (Å²) in [6, 6.07) is 7.99. The van der Waals surface area contributed by atoms with Crippen LogP contribution in [0.3, 0.4) is 0 Å². The first-order valence-corrected chi connectivity index (χ1v) is 6.96. The first kappa shape index (κ1) is 13.9. The van der Waals surface area contributed by atoms with Gasteiger partial charge in [-0.25, -0.2) is 0 Å². The monoisotopic (exact) mass is 323 g/mol. The number of nitrogens with zero attached hydrogens (tertiary/aromatic N) is 2. The van der Waals surface area contributed by atoms with Crippen LogP contribution in [0.1, 0.15) is 13.8 Å². The number of anilines is 1. The highest BCUT2D eigenvalue weighted by molar-refractivity contribution is 9.10. The van der Waals surface area contributed by atoms with Crippen molar-refractivity contribution < 1.29 is 4.74 Å². The molecule has 2 rings (SSSR count). The van der Waals surface area contributed by atoms with Crippen molar-refractivity contribution in [1.82, 2.24) is 10.2 Å². The second-order valence-electron chi connectivity index (χ2n) is 4.82. The smallest absolute Gasteiger partial charge is 0.164 e. The van der Waals surface area contributed by atoms with Crippen LogP contribution in [0.15, 0.2) is 28.7 Å². The third-order valence-corrected chi connectivity index (χ3v) is 3.38. The summed E-state index contributed by atoms with van der Waals surface area (Å²) in [6.07, 6.45) is 0.185. The summed E-state index contributed by atoms with van der Waals surface area (Å²) < 4.78 is 6.60. The zero-order valence-electron chi connectivity index (χ0n) is 11.6. The van der Waals surface area contributed by atoms with E-state index in [2.05, 4.69) is 26.1 Å². The second kappa shape index (κ2) is 5.65. The number of hydrogen-bond acceptors (Lipinski definition) is 3. The van der Waals surface area contributed by atoms with Crippen LogP contribution in [0, 0.1) is 0 Å². The minimum absolute atomic E-state index is 0.185. The largest absolute Gasteiger partial charge is 0.491 e. The van der Waals surface area contributed by atoms with Gasteiger partial charge in [-0.1, -0.05) is 0 Å². The Morgan fingerprint density at radius 3 is 2.32 bits per heavy atom. The van der Waals surface area contributed by atoms with Crippen molar-refractivity contribution in [3.8, 4) is 17.0 Å². The molecule has 0 aliphatic heterocycles. The van der Waals surface area contributed by atoms with E-state index < -0.39 is 0 Å². The molecule has 0 saturated carbocycles. The number of rotatable bonds is 4. The summed E-state index contributed by atoms with van der Waals surface area (Å²) in [6.45, 7) is 4.03. The number of nitrogens with one attached hydrogen (secondary N) is 1. The lowest BCUT2D eigenvalue weighted by Gasteiger charge is -2.10. The molecule has 102 valence electrons. The molecule has 0 bridgehead atoms. The van der Waals surface area contributed by atoms with E-state index in [0.717, 1.165) is 27.3 Å². The highest BCUT2D eigenvalue weighted by Crippen LogP contribution is 2.33. The molecular weight excluding hydrogens is 306 g/mol. The molecule has 1 aromatic carbocycles. The quantitative estimate of drug-likeness (QED) is 0.932. The molecule has 0 fully saturated rings. The van der Waals surface area contributed by atoms with E-state index in [1.807, 2.05) is 57.1 Å². The lowest BCUT2D eigenvalue weighted by Crippen LogP contribution is -2.09. The van der Waals surface area contributed by atoms with Gasteiger partial charge in [0.25, 0.3) is 0 Å². The van der Waals surface area contributed by atoms with Gasteiger partial charge in [-0.3, -0.25) is 5.10 Å². The molecule has 0 radical (unpaired) electrons. The molecule has 1 N–H and O–H groups in total. The van der Waals surface area contributed by atoms with E-state index in [1.54, 1.807) is 0 Å². The van der Waals surface area contributed by atoms with E-state index in [9.17, 15) is 0 Å². The molecular formula is C14H18BrN3O. The number of hydrogen-bond donors (Lipinski definition) is 1. The van der Waals surface area contributed by atoms with Crippen molar-refractivity contribution >= 4 is 21.7 Å². The van der Waals surface area contributed by atoms with Crippen LogP contribution in [-0.2, 0) is 0 Å². The van der Waals surface area contributed by atoms with Gasteiger partial charge in [-0.05, 0) is 54.0 Å². The molecule has 0 aliphatic carbocycles. The maximum absolute atomic E-state index is 5.63. The zero-order chi connectivity index (χ0) is 14.0. The van der Waals surface area contributed by atoms with Gasteiger partial charge >= 0.3 is 0 Å². The number of ether oxygens (including phenoxy) is 1. The van der Waals surface area contributed by atoms with Gasteiger partial charge in [-0.2, -0.15) is 5.10 Å². The van der Waals surface area contributed by atoms with Crippen molar-refractivity contribution in [2.75, 3.05) is 19.0 Å². The summed E-state index contributed by atoms with van der Waals surface area (Å²) in [5, 5.41) is 7.34. The fourth-order valence-electron chi connectivity index (χ4n) is 1.78. The highest BCUT2D eigenvalue weighted by Gasteiger charge is 2.13. The maximum Gasteiger partial charge on any atom is 0.164 e. The summed E-state index contributed by atoms with van der Waals surface area (Å²) in [7, 11) is 3.93. The van der Waals surface area contributed by atoms with Gasteiger partial charge in [0.05, 0.1) is 16.3 Å². The first-order valence-electron chi connectivity index (χ1n) is 6.17. The molecule has 5 heteroatoms. The third kappa shape index (κ3) is 3.10. The molecule has 4 nitrogen and oxygen atoms in total. The Morgan fingerprint density at radius 1 is 1.21 bits per heavy atom. The molecule has 1 heterocycles. The van der Waals surface area contributed by atoms with Crippen LogP contribution < -0.4 is 9.64 Å². The highest BCUT2D eigenvalue weighted by atomic mass is 79.9. The minimum Gasteiger partial charge on any atom is -0.491 e. The fourth-order valence-corrected chi connectivity index (χ4v) is 2.54. The molecule has 0 saturated heterocycles. The maximum atomic E-state index is 5.63. The van der Waals surface area contributed by atoms with E-state index in [1.165, 1.54) is 0 Å². The van der Waals surface area contributed by atoms with Crippen LogP contribution in [0.5, 0.6) is 5.75 Å². The van der Waals surface area contributed by atoms with Crippen LogP contribution in [0.4, 0.5) is 5.82 Å². The van der Waals surface area contributed by atoms with Crippen molar-refractivity contribution in [1.29, 1.82) is 0 Å². The molecule has 0 atom stereocenters. The Balaban J connectivity index is 2.27. The predicted octanol–water partition coefficient (Wildman–Crippen LogP) is 3.69. The predicted molar refractivity (Wildman–Crippen MR) is 81.8 cm³/mol. The fraction of sp³-hybridized carbons (Fsp3) is 0.357. The Morgan fingerprint density at radius 2 is 1.84 bits per heavy atom. The Hall–Kier alpha value is -1.49. The number of aromatic nitrogens is 2. The van der Waals surface area contributed by atoms with Gasteiger partial charge in [0.2, 0.25) is 0 Å². The summed E-state index contributed by atoms with van der Waals surface area (Å²) in [5.74, 6) is 1.76. The Bertz CT molecular complexity index is 546. The average Bonchev–Trinajstić information content (AvgIpc) is 2.71. The van der Waals surface area contributed by atoms with E-state index in [-0.39, 0.29) is 6.10 Å². The lowest BCUT2D eigenvalue weighted by molar-refractivity contribution is 0.242. The zero-order valence-corrected chi connectivity index (χ0v) is 13.2. The topological polar surface area (TPSA) is 41.1 Å². The van der Waals surface area contributed by atoms with Crippen LogP contribution in [0.25, 0.3) is 11.3 Å². The molecule has 0 spiro atoms. The van der Waals surface area contributed by atoms with Crippen molar-refractivity contribution in [3.05, 3.63) is 28.7 Å². The standard InChI is InChI=1S/C14H18BrN3O/c1-9(2)19-11-7-5-10(6-8-11)13-12(15)14(17-16-13)18(3)4/h5-9H,1-4H3,(H,16,17). The Kier molecular flexibility index (Phi) is 4.14. The van der Waals surface area contributed by atoms with Gasteiger partial charge in [0.1, 0.15) is 5.75 Å². The SMILES string of the molecule is CC(C)Oc1ccc(-c2[nH]nc(N(C)C)c2Br)cc1. The lowest BCUT2D eigenvalue weighted by atomic mass is 10.1. The van der Waals surface area contributed by atoms with Crippen LogP contribution in [-0.4, -0.2) is 30.4 Å². The van der Waals surface area contributed by atoms with Gasteiger partial charge in [0, 0.05) is 19.7 Å². The third-order valence-electron chi connectivity index (χ3n) is 2.63. The van der Waals surface area contributed by atoms with E-state index in [0.29, 0.717) is 0 Å². The van der Waals surface area contributed by atoms with Gasteiger partial charge < -0.3 is 9.64 Å². The normalized spacial score (nSPS) is 10.8. The molecule has 0 amide bonds. The van der Waals surface area contributed by atoms with Crippen LogP contribution >= 0.6 is 15.9 Å². The molecule has 1 aromatic heterocycles. The van der Waals surface area contributed by atoms with Gasteiger partial charge in [0.15, 0.2) is 5.82 Å². The van der Waals surface area contributed by atoms with E-state index >= 15 is 0 Å².